The molecule has 4 aromatic carbocycles. The normalized spacial score (nSPS) is 11.2. The van der Waals surface area contributed by atoms with Gasteiger partial charge in [-0.3, -0.25) is 0 Å². The molecule has 5 rings (SSSR count). The maximum atomic E-state index is 2.41. The largest absolute Gasteiger partial charge is 0.343 e. The Balaban J connectivity index is 1.70. The van der Waals surface area contributed by atoms with Crippen molar-refractivity contribution in [1.29, 1.82) is 0 Å². The molecule has 0 aliphatic rings. The Labute approximate surface area is 173 Å². The molecule has 5 aromatic rings. The quantitative estimate of drug-likeness (QED) is 0.398. The Morgan fingerprint density at radius 1 is 0.552 bits per heavy atom. The summed E-state index contributed by atoms with van der Waals surface area (Å²) in [4.78, 5) is 0. The first-order chi connectivity index (χ1) is 14.4. The van der Waals surface area contributed by atoms with Crippen LogP contribution in [0.25, 0.3) is 10.9 Å². The second-order valence-corrected chi connectivity index (χ2v) is 9.72. The second kappa shape index (κ2) is 7.94. The zero-order valence-corrected chi connectivity index (χ0v) is 17.2. The van der Waals surface area contributed by atoms with Gasteiger partial charge in [-0.15, -0.1) is 0 Å². The maximum Gasteiger partial charge on any atom is 0.157 e. The SMILES string of the molecule is c1ccc(Cn2cc([Si](c3ccccc3)c3ccccc3)c3ccccc32)cc1. The number of aromatic nitrogens is 1. The second-order valence-electron chi connectivity index (χ2n) is 7.28. The predicted molar refractivity (Wildman–Crippen MR) is 125 cm³/mol. The molecule has 0 amide bonds. The van der Waals surface area contributed by atoms with Crippen LogP contribution in [0.15, 0.2) is 121 Å². The highest BCUT2D eigenvalue weighted by Crippen LogP contribution is 2.17. The third-order valence-corrected chi connectivity index (χ3v) is 8.14. The summed E-state index contributed by atoms with van der Waals surface area (Å²) in [6.07, 6.45) is 2.39. The van der Waals surface area contributed by atoms with Crippen molar-refractivity contribution in [3.8, 4) is 0 Å². The van der Waals surface area contributed by atoms with Crippen LogP contribution in [0.3, 0.4) is 0 Å². The van der Waals surface area contributed by atoms with Crippen molar-refractivity contribution in [1.82, 2.24) is 4.57 Å². The average molecular weight is 389 g/mol. The van der Waals surface area contributed by atoms with Gasteiger partial charge >= 0.3 is 0 Å². The van der Waals surface area contributed by atoms with E-state index < -0.39 is 8.80 Å². The Kier molecular flexibility index (Phi) is 4.85. The Hall–Kier alpha value is -3.36. The van der Waals surface area contributed by atoms with Gasteiger partial charge in [-0.1, -0.05) is 120 Å². The molecule has 0 N–H and O–H groups in total. The highest BCUT2D eigenvalue weighted by atomic mass is 28.3. The van der Waals surface area contributed by atoms with E-state index in [1.807, 2.05) is 0 Å². The average Bonchev–Trinajstić information content (AvgIpc) is 3.14. The van der Waals surface area contributed by atoms with Crippen LogP contribution in [0.4, 0.5) is 0 Å². The molecule has 0 bridgehead atoms. The van der Waals surface area contributed by atoms with E-state index in [1.54, 1.807) is 0 Å². The lowest BCUT2D eigenvalue weighted by Crippen LogP contribution is -2.51. The molecular weight excluding hydrogens is 366 g/mol. The van der Waals surface area contributed by atoms with Gasteiger partial charge < -0.3 is 4.57 Å². The van der Waals surface area contributed by atoms with E-state index in [0.29, 0.717) is 0 Å². The number of rotatable bonds is 5. The summed E-state index contributed by atoms with van der Waals surface area (Å²) in [5, 5.41) is 5.67. The fourth-order valence-electron chi connectivity index (χ4n) is 4.04. The molecule has 0 atom stereocenters. The summed E-state index contributed by atoms with van der Waals surface area (Å²) in [6.45, 7) is 0.889. The fourth-order valence-corrected chi connectivity index (χ4v) is 6.82. The first-order valence-corrected chi connectivity index (χ1v) is 11.5. The van der Waals surface area contributed by atoms with Crippen LogP contribution in [0.5, 0.6) is 0 Å². The van der Waals surface area contributed by atoms with Crippen LogP contribution in [0.1, 0.15) is 5.56 Å². The molecule has 2 heteroatoms. The molecule has 0 fully saturated rings. The molecule has 1 heterocycles. The highest BCUT2D eigenvalue weighted by Gasteiger charge is 2.23. The van der Waals surface area contributed by atoms with Gasteiger partial charge in [-0.2, -0.15) is 0 Å². The molecule has 1 aromatic heterocycles. The summed E-state index contributed by atoms with van der Waals surface area (Å²) in [7, 11) is -1.09. The topological polar surface area (TPSA) is 4.93 Å². The van der Waals surface area contributed by atoms with Crippen LogP contribution in [-0.4, -0.2) is 13.4 Å². The van der Waals surface area contributed by atoms with E-state index in [-0.39, 0.29) is 0 Å². The number of nitrogens with zero attached hydrogens (tertiary/aromatic N) is 1. The molecule has 0 spiro atoms. The van der Waals surface area contributed by atoms with E-state index in [0.717, 1.165) is 6.54 Å². The van der Waals surface area contributed by atoms with Crippen LogP contribution in [-0.2, 0) is 6.54 Å². The summed E-state index contributed by atoms with van der Waals surface area (Å²) in [5.41, 5.74) is 2.63. The Morgan fingerprint density at radius 3 is 1.69 bits per heavy atom. The van der Waals surface area contributed by atoms with Gasteiger partial charge in [-0.25, -0.2) is 0 Å². The van der Waals surface area contributed by atoms with E-state index >= 15 is 0 Å². The molecule has 0 saturated heterocycles. The van der Waals surface area contributed by atoms with Gasteiger partial charge in [0, 0.05) is 18.3 Å². The molecular formula is C27H22NSi. The molecule has 1 nitrogen and oxygen atoms in total. The van der Waals surface area contributed by atoms with Gasteiger partial charge in [0.25, 0.3) is 0 Å². The molecule has 0 aliphatic heterocycles. The van der Waals surface area contributed by atoms with Gasteiger partial charge in [0.1, 0.15) is 0 Å². The van der Waals surface area contributed by atoms with E-state index in [9.17, 15) is 0 Å². The third kappa shape index (κ3) is 3.55. The summed E-state index contributed by atoms with van der Waals surface area (Å²) < 4.78 is 2.41. The van der Waals surface area contributed by atoms with Gasteiger partial charge in [0.05, 0.1) is 0 Å². The number of hydrogen-bond acceptors (Lipinski definition) is 0. The lowest BCUT2D eigenvalue weighted by Gasteiger charge is -2.15. The minimum atomic E-state index is -1.09. The van der Waals surface area contributed by atoms with Crippen LogP contribution in [0.2, 0.25) is 0 Å². The van der Waals surface area contributed by atoms with Crippen LogP contribution < -0.4 is 15.6 Å². The maximum absolute atomic E-state index is 2.41. The molecule has 1 radical (unpaired) electrons. The molecule has 0 unspecified atom stereocenters. The van der Waals surface area contributed by atoms with Crippen molar-refractivity contribution < 1.29 is 0 Å². The monoisotopic (exact) mass is 388 g/mol. The number of para-hydroxylation sites is 1. The Bertz CT molecular complexity index is 1170. The minimum Gasteiger partial charge on any atom is -0.343 e. The lowest BCUT2D eigenvalue weighted by atomic mass is 10.2. The number of fused-ring (bicyclic) bond motifs is 1. The van der Waals surface area contributed by atoms with E-state index in [1.165, 1.54) is 32.0 Å². The van der Waals surface area contributed by atoms with Crippen molar-refractivity contribution in [3.05, 3.63) is 127 Å². The molecule has 139 valence electrons. The minimum absolute atomic E-state index is 0.889. The molecule has 0 aliphatic carbocycles. The Morgan fingerprint density at radius 2 is 1.07 bits per heavy atom. The molecule has 0 saturated carbocycles. The first-order valence-electron chi connectivity index (χ1n) is 10.00. The van der Waals surface area contributed by atoms with Gasteiger partial charge in [-0.05, 0) is 22.2 Å². The van der Waals surface area contributed by atoms with Crippen molar-refractivity contribution in [3.63, 3.8) is 0 Å². The summed E-state index contributed by atoms with van der Waals surface area (Å²) in [5.74, 6) is 0. The van der Waals surface area contributed by atoms with Crippen LogP contribution >= 0.6 is 0 Å². The first kappa shape index (κ1) is 17.7. The molecule has 29 heavy (non-hydrogen) atoms. The lowest BCUT2D eigenvalue weighted by molar-refractivity contribution is 0.839. The third-order valence-electron chi connectivity index (χ3n) is 5.38. The van der Waals surface area contributed by atoms with Crippen molar-refractivity contribution in [2.45, 2.75) is 6.54 Å². The zero-order chi connectivity index (χ0) is 19.5. The smallest absolute Gasteiger partial charge is 0.157 e. The van der Waals surface area contributed by atoms with Crippen LogP contribution in [0, 0.1) is 0 Å². The van der Waals surface area contributed by atoms with Crippen molar-refractivity contribution >= 4 is 35.3 Å². The number of hydrogen-bond donors (Lipinski definition) is 0. The van der Waals surface area contributed by atoms with Crippen molar-refractivity contribution in [2.24, 2.45) is 0 Å². The van der Waals surface area contributed by atoms with E-state index in [2.05, 4.69) is 126 Å². The summed E-state index contributed by atoms with van der Waals surface area (Å²) in [6, 6.07) is 41.5. The standard InChI is InChI=1S/C27H22NSi/c1-4-12-22(13-5-1)20-28-21-27(25-18-10-11-19-26(25)28)29(23-14-6-2-7-15-23)24-16-8-3-9-17-24/h1-19,21H,20H2. The van der Waals surface area contributed by atoms with Gasteiger partial charge in [0.2, 0.25) is 0 Å². The summed E-state index contributed by atoms with van der Waals surface area (Å²) >= 11 is 0. The highest BCUT2D eigenvalue weighted by molar-refractivity contribution is 6.96. The van der Waals surface area contributed by atoms with Gasteiger partial charge in [0.15, 0.2) is 8.80 Å². The zero-order valence-electron chi connectivity index (χ0n) is 16.2. The van der Waals surface area contributed by atoms with E-state index in [4.69, 9.17) is 0 Å². The predicted octanol–water partition coefficient (Wildman–Crippen LogP) is 4.21. The fraction of sp³-hybridized carbons (Fsp3) is 0.0370. The van der Waals surface area contributed by atoms with Crippen molar-refractivity contribution in [2.75, 3.05) is 0 Å². The number of benzene rings is 4.